The minimum Gasteiger partial charge on any atom is -0.478 e. The van der Waals surface area contributed by atoms with E-state index in [-0.39, 0.29) is 22.1 Å². The Morgan fingerprint density at radius 1 is 1.13 bits per heavy atom. The average molecular weight is 453 g/mol. The summed E-state index contributed by atoms with van der Waals surface area (Å²) in [7, 11) is 0. The number of rotatable bonds is 3. The van der Waals surface area contributed by atoms with Crippen molar-refractivity contribution in [2.75, 3.05) is 0 Å². The minimum absolute atomic E-state index is 0.0371. The molecule has 1 atom stereocenters. The van der Waals surface area contributed by atoms with Gasteiger partial charge in [-0.15, -0.1) is 0 Å². The summed E-state index contributed by atoms with van der Waals surface area (Å²) in [4.78, 5) is 19.7. The van der Waals surface area contributed by atoms with Crippen LogP contribution in [-0.4, -0.2) is 23.1 Å². The van der Waals surface area contributed by atoms with Crippen LogP contribution in [0, 0.1) is 0 Å². The van der Waals surface area contributed by atoms with Gasteiger partial charge in [0.2, 0.25) is 5.60 Å². The van der Waals surface area contributed by atoms with Crippen LogP contribution in [0.2, 0.25) is 5.02 Å². The molecule has 1 fully saturated rings. The zero-order valence-electron chi connectivity index (χ0n) is 14.6. The molecule has 2 aromatic carbocycles. The van der Waals surface area contributed by atoms with E-state index < -0.39 is 41.5 Å². The Morgan fingerprint density at radius 2 is 1.83 bits per heavy atom. The maximum Gasteiger partial charge on any atom is 0.424 e. The summed E-state index contributed by atoms with van der Waals surface area (Å²) >= 11 is 5.73. The van der Waals surface area contributed by atoms with E-state index in [9.17, 15) is 31.1 Å². The molecule has 1 aliphatic rings. The van der Waals surface area contributed by atoms with Gasteiger partial charge in [0.1, 0.15) is 5.84 Å². The Labute approximate surface area is 169 Å². The lowest BCUT2D eigenvalue weighted by Gasteiger charge is -2.29. The summed E-state index contributed by atoms with van der Waals surface area (Å²) in [5.41, 5.74) is -3.51. The second-order valence-electron chi connectivity index (χ2n) is 6.31. The van der Waals surface area contributed by atoms with E-state index >= 15 is 0 Å². The Kier molecular flexibility index (Phi) is 5.46. The number of halogens is 7. The zero-order chi connectivity index (χ0) is 22.3. The highest BCUT2D eigenvalue weighted by Gasteiger charge is 2.62. The second-order valence-corrected chi connectivity index (χ2v) is 6.72. The number of aliphatic imine (C=N–C) groups is 1. The molecule has 12 heteroatoms. The van der Waals surface area contributed by atoms with Crippen molar-refractivity contribution in [1.29, 1.82) is 0 Å². The Balaban J connectivity index is 2.02. The van der Waals surface area contributed by atoms with Gasteiger partial charge >= 0.3 is 18.3 Å². The molecule has 0 bridgehead atoms. The van der Waals surface area contributed by atoms with Gasteiger partial charge in [0.05, 0.1) is 28.3 Å². The van der Waals surface area contributed by atoms with Crippen LogP contribution in [0.1, 0.15) is 27.9 Å². The highest BCUT2D eigenvalue weighted by Crippen LogP contribution is 2.48. The van der Waals surface area contributed by atoms with Crippen molar-refractivity contribution in [2.45, 2.75) is 24.4 Å². The van der Waals surface area contributed by atoms with Gasteiger partial charge in [-0.25, -0.2) is 9.79 Å². The van der Waals surface area contributed by atoms with Gasteiger partial charge < -0.3 is 5.11 Å². The number of benzene rings is 2. The molecule has 0 aliphatic carbocycles. The normalized spacial score (nSPS) is 21.0. The number of nitrogens with zero attached hydrogens (tertiary/aromatic N) is 1. The molecule has 0 spiro atoms. The molecule has 2 N–H and O–H groups in total. The number of carbonyl (C=O) groups is 1. The fraction of sp³-hybridized carbons (Fsp3) is 0.222. The topological polar surface area (TPSA) is 70.9 Å². The third kappa shape index (κ3) is 4.08. The van der Waals surface area contributed by atoms with Crippen LogP contribution in [0.25, 0.3) is 0 Å². The monoisotopic (exact) mass is 452 g/mol. The molecule has 1 heterocycles. The van der Waals surface area contributed by atoms with Gasteiger partial charge in [-0.3, -0.25) is 10.3 Å². The SMILES string of the molecule is O=C(O)c1cc(N=C2CC(c3cccc(C(F)(F)F)c3)(C(F)(F)F)ON2)ccc1Cl. The van der Waals surface area contributed by atoms with E-state index in [0.29, 0.717) is 12.1 Å². The molecule has 2 aromatic rings. The standard InChI is InChI=1S/C18H11ClF6N2O3/c19-13-5-4-11(7-12(13)15(28)29)26-14-8-16(30-27-14,18(23,24)25)9-2-1-3-10(6-9)17(20,21)22/h1-7H,8H2,(H,26,27)(H,28,29). The quantitative estimate of drug-likeness (QED) is 0.606. The first kappa shape index (κ1) is 21.9. The number of aromatic carboxylic acids is 1. The summed E-state index contributed by atoms with van der Waals surface area (Å²) < 4.78 is 80.5. The number of hydrogen-bond acceptors (Lipinski definition) is 3. The summed E-state index contributed by atoms with van der Waals surface area (Å²) in [6, 6.07) is 6.23. The molecule has 1 unspecified atom stereocenters. The maximum atomic E-state index is 13.9. The summed E-state index contributed by atoms with van der Waals surface area (Å²) in [5.74, 6) is -1.73. The van der Waals surface area contributed by atoms with Crippen molar-refractivity contribution in [3.8, 4) is 0 Å². The fourth-order valence-corrected chi connectivity index (χ4v) is 3.05. The number of hydrogen-bond donors (Lipinski definition) is 2. The molecule has 0 radical (unpaired) electrons. The van der Waals surface area contributed by atoms with Crippen LogP contribution in [0.15, 0.2) is 47.5 Å². The lowest BCUT2D eigenvalue weighted by molar-refractivity contribution is -0.282. The van der Waals surface area contributed by atoms with Crippen molar-refractivity contribution in [3.63, 3.8) is 0 Å². The highest BCUT2D eigenvalue weighted by molar-refractivity contribution is 6.33. The molecule has 1 aliphatic heterocycles. The van der Waals surface area contributed by atoms with Crippen molar-refractivity contribution in [2.24, 2.45) is 4.99 Å². The fourth-order valence-electron chi connectivity index (χ4n) is 2.85. The van der Waals surface area contributed by atoms with Gasteiger partial charge in [0.25, 0.3) is 0 Å². The first-order valence-corrected chi connectivity index (χ1v) is 8.50. The van der Waals surface area contributed by atoms with Crippen LogP contribution >= 0.6 is 11.6 Å². The smallest absolute Gasteiger partial charge is 0.424 e. The number of hydroxylamine groups is 1. The lowest BCUT2D eigenvalue weighted by Crippen LogP contribution is -2.42. The van der Waals surface area contributed by atoms with Gasteiger partial charge in [0, 0.05) is 0 Å². The van der Waals surface area contributed by atoms with Gasteiger partial charge in [-0.2, -0.15) is 26.3 Å². The number of alkyl halides is 6. The number of amidine groups is 1. The first-order valence-electron chi connectivity index (χ1n) is 8.12. The third-order valence-corrected chi connectivity index (χ3v) is 4.65. The molecule has 160 valence electrons. The first-order chi connectivity index (χ1) is 13.8. The van der Waals surface area contributed by atoms with Crippen LogP contribution < -0.4 is 5.48 Å². The van der Waals surface area contributed by atoms with Gasteiger partial charge in [-0.05, 0) is 35.9 Å². The number of carboxylic acids is 1. The summed E-state index contributed by atoms with van der Waals surface area (Å²) in [6.07, 6.45) is -10.9. The van der Waals surface area contributed by atoms with Gasteiger partial charge in [0.15, 0.2) is 0 Å². The Morgan fingerprint density at radius 3 is 2.43 bits per heavy atom. The predicted molar refractivity (Wildman–Crippen MR) is 93.5 cm³/mol. The molecule has 0 aromatic heterocycles. The third-order valence-electron chi connectivity index (χ3n) is 4.32. The van der Waals surface area contributed by atoms with E-state index in [4.69, 9.17) is 21.5 Å². The van der Waals surface area contributed by atoms with Crippen LogP contribution in [-0.2, 0) is 16.6 Å². The van der Waals surface area contributed by atoms with E-state index in [0.717, 1.165) is 18.2 Å². The number of nitrogens with one attached hydrogen (secondary N) is 1. The molecule has 30 heavy (non-hydrogen) atoms. The Hall–Kier alpha value is -2.79. The predicted octanol–water partition coefficient (Wildman–Crippen LogP) is 5.47. The molecule has 3 rings (SSSR count). The highest BCUT2D eigenvalue weighted by atomic mass is 35.5. The van der Waals surface area contributed by atoms with Crippen LogP contribution in [0.4, 0.5) is 32.0 Å². The Bertz CT molecular complexity index is 1020. The van der Waals surface area contributed by atoms with Crippen molar-refractivity contribution in [3.05, 3.63) is 64.2 Å². The van der Waals surface area contributed by atoms with E-state index in [1.807, 2.05) is 5.48 Å². The van der Waals surface area contributed by atoms with Crippen LogP contribution in [0.3, 0.4) is 0 Å². The summed E-state index contributed by atoms with van der Waals surface area (Å²) in [6.45, 7) is 0. The van der Waals surface area contributed by atoms with Gasteiger partial charge in [-0.1, -0.05) is 23.7 Å². The van der Waals surface area contributed by atoms with Crippen LogP contribution in [0.5, 0.6) is 0 Å². The summed E-state index contributed by atoms with van der Waals surface area (Å²) in [5, 5.41) is 8.97. The van der Waals surface area contributed by atoms with E-state index in [1.165, 1.54) is 12.1 Å². The zero-order valence-corrected chi connectivity index (χ0v) is 15.4. The maximum absolute atomic E-state index is 13.9. The van der Waals surface area contributed by atoms with Crippen molar-refractivity contribution >= 4 is 29.1 Å². The minimum atomic E-state index is -5.09. The molecule has 1 saturated heterocycles. The van der Waals surface area contributed by atoms with E-state index in [1.54, 1.807) is 0 Å². The lowest BCUT2D eigenvalue weighted by atomic mass is 9.88. The molecule has 5 nitrogen and oxygen atoms in total. The van der Waals surface area contributed by atoms with Crippen molar-refractivity contribution in [1.82, 2.24) is 5.48 Å². The van der Waals surface area contributed by atoms with E-state index in [2.05, 4.69) is 4.99 Å². The number of carboxylic acid groups (broad SMARTS) is 1. The average Bonchev–Trinajstić information content (AvgIpc) is 3.08. The molecular formula is C18H11ClF6N2O3. The largest absolute Gasteiger partial charge is 0.478 e. The second kappa shape index (κ2) is 7.47. The van der Waals surface area contributed by atoms with Crippen molar-refractivity contribution < 1.29 is 41.1 Å². The molecule has 0 saturated carbocycles. The molecule has 0 amide bonds. The molecular weight excluding hydrogens is 442 g/mol.